The van der Waals surface area contributed by atoms with Crippen LogP contribution in [0.1, 0.15) is 21.6 Å². The Labute approximate surface area is 120 Å². The smallest absolute Gasteiger partial charge is 0.193 e. The van der Waals surface area contributed by atoms with Crippen molar-refractivity contribution in [3.63, 3.8) is 0 Å². The minimum Gasteiger partial charge on any atom is -0.330 e. The van der Waals surface area contributed by atoms with Gasteiger partial charge < -0.3 is 5.73 Å². The van der Waals surface area contributed by atoms with Gasteiger partial charge in [-0.1, -0.05) is 24.3 Å². The number of carbonyl (C=O) groups excluding carboxylic acids is 1. The number of carbonyl (C=O) groups is 1. The average Bonchev–Trinajstić information content (AvgIpc) is 3.00. The molecule has 3 aromatic rings. The van der Waals surface area contributed by atoms with Crippen molar-refractivity contribution in [2.24, 2.45) is 5.73 Å². The van der Waals surface area contributed by atoms with E-state index in [0.29, 0.717) is 13.0 Å². The fourth-order valence-corrected chi connectivity index (χ4v) is 3.01. The number of ketones is 1. The van der Waals surface area contributed by atoms with Gasteiger partial charge in [0.05, 0.1) is 12.1 Å². The van der Waals surface area contributed by atoms with Gasteiger partial charge in [0.25, 0.3) is 0 Å². The summed E-state index contributed by atoms with van der Waals surface area (Å²) >= 11 is 1.57. The third kappa shape index (κ3) is 2.50. The number of thiazole rings is 1. The van der Waals surface area contributed by atoms with Crippen LogP contribution in [0, 0.1) is 0 Å². The van der Waals surface area contributed by atoms with Crippen LogP contribution in [-0.2, 0) is 12.8 Å². The molecule has 0 aliphatic carbocycles. The fraction of sp³-hybridized carbons (Fsp3) is 0.200. The highest BCUT2D eigenvalue weighted by molar-refractivity contribution is 7.15. The molecule has 0 atom stereocenters. The van der Waals surface area contributed by atoms with E-state index in [-0.39, 0.29) is 5.78 Å². The zero-order valence-electron chi connectivity index (χ0n) is 11.0. The van der Waals surface area contributed by atoms with E-state index in [1.54, 1.807) is 11.3 Å². The molecule has 0 spiro atoms. The molecule has 0 aliphatic rings. The highest BCUT2D eigenvalue weighted by atomic mass is 32.1. The van der Waals surface area contributed by atoms with Crippen LogP contribution in [0.2, 0.25) is 0 Å². The minimum absolute atomic E-state index is 0.0970. The topological polar surface area (TPSA) is 60.4 Å². The first-order valence-corrected chi connectivity index (χ1v) is 7.38. The summed E-state index contributed by atoms with van der Waals surface area (Å²) in [6.45, 7) is 0.546. The molecule has 5 heteroatoms. The maximum Gasteiger partial charge on any atom is 0.193 e. The molecular formula is C15H15N3OS. The quantitative estimate of drug-likeness (QED) is 0.732. The van der Waals surface area contributed by atoms with Crippen LogP contribution >= 0.6 is 11.3 Å². The van der Waals surface area contributed by atoms with Crippen molar-refractivity contribution in [1.82, 2.24) is 9.38 Å². The van der Waals surface area contributed by atoms with Gasteiger partial charge in [0.15, 0.2) is 10.7 Å². The maximum atomic E-state index is 12.4. The summed E-state index contributed by atoms with van der Waals surface area (Å²) < 4.78 is 1.94. The minimum atomic E-state index is 0.0970. The summed E-state index contributed by atoms with van der Waals surface area (Å²) in [7, 11) is 0. The monoisotopic (exact) mass is 285 g/mol. The van der Waals surface area contributed by atoms with Gasteiger partial charge in [0, 0.05) is 23.3 Å². The van der Waals surface area contributed by atoms with Crippen molar-refractivity contribution < 1.29 is 4.79 Å². The number of hydrogen-bond acceptors (Lipinski definition) is 4. The predicted octanol–water partition coefficient (Wildman–Crippen LogP) is 2.32. The number of benzene rings is 1. The summed E-state index contributed by atoms with van der Waals surface area (Å²) in [5, 5.41) is 1.98. The van der Waals surface area contributed by atoms with Crippen LogP contribution in [-0.4, -0.2) is 21.7 Å². The van der Waals surface area contributed by atoms with Crippen molar-refractivity contribution >= 4 is 22.1 Å². The predicted molar refractivity (Wildman–Crippen MR) is 80.3 cm³/mol. The van der Waals surface area contributed by atoms with Gasteiger partial charge in [0.1, 0.15) is 0 Å². The van der Waals surface area contributed by atoms with Crippen molar-refractivity contribution in [3.05, 3.63) is 58.9 Å². The largest absolute Gasteiger partial charge is 0.330 e. The second-order valence-corrected chi connectivity index (χ2v) is 5.49. The third-order valence-corrected chi connectivity index (χ3v) is 3.99. The van der Waals surface area contributed by atoms with Gasteiger partial charge in [-0.25, -0.2) is 4.98 Å². The first-order valence-electron chi connectivity index (χ1n) is 6.50. The molecule has 0 aliphatic heterocycles. The number of nitrogens with zero attached hydrogens (tertiary/aromatic N) is 2. The average molecular weight is 285 g/mol. The summed E-state index contributed by atoms with van der Waals surface area (Å²) in [6, 6.07) is 7.66. The number of hydrogen-bond donors (Lipinski definition) is 1. The lowest BCUT2D eigenvalue weighted by Crippen LogP contribution is -2.11. The fourth-order valence-electron chi connectivity index (χ4n) is 2.29. The summed E-state index contributed by atoms with van der Waals surface area (Å²) in [6.07, 6.45) is 4.91. The van der Waals surface area contributed by atoms with Crippen molar-refractivity contribution in [3.8, 4) is 0 Å². The summed E-state index contributed by atoms with van der Waals surface area (Å²) in [5.74, 6) is 0.0970. The Morgan fingerprint density at radius 3 is 3.00 bits per heavy atom. The van der Waals surface area contributed by atoms with Gasteiger partial charge in [-0.05, 0) is 18.5 Å². The lowest BCUT2D eigenvalue weighted by atomic mass is 9.99. The van der Waals surface area contributed by atoms with E-state index in [0.717, 1.165) is 28.2 Å². The zero-order valence-corrected chi connectivity index (χ0v) is 11.8. The van der Waals surface area contributed by atoms with Crippen LogP contribution < -0.4 is 5.73 Å². The van der Waals surface area contributed by atoms with E-state index in [1.807, 2.05) is 46.4 Å². The number of Topliss-reactive ketones (excluding diaryl/α,β-unsaturated/α-hetero) is 1. The number of aromatic nitrogens is 2. The molecule has 0 saturated carbocycles. The van der Waals surface area contributed by atoms with Crippen molar-refractivity contribution in [1.29, 1.82) is 0 Å². The summed E-state index contributed by atoms with van der Waals surface area (Å²) in [4.78, 5) is 17.8. The number of nitrogens with two attached hydrogens (primary N) is 1. The van der Waals surface area contributed by atoms with Gasteiger partial charge in [-0.3, -0.25) is 9.20 Å². The molecule has 2 N–H and O–H groups in total. The third-order valence-electron chi connectivity index (χ3n) is 3.22. The Morgan fingerprint density at radius 1 is 1.35 bits per heavy atom. The van der Waals surface area contributed by atoms with E-state index >= 15 is 0 Å². The standard InChI is InChI=1S/C15H15N3OS/c16-6-5-11-3-1-2-4-13(11)14(19)9-12-10-18-7-8-20-15(18)17-12/h1-4,7-8,10H,5-6,9,16H2. The molecule has 0 unspecified atom stereocenters. The van der Waals surface area contributed by atoms with Crippen LogP contribution in [0.25, 0.3) is 4.96 Å². The molecule has 20 heavy (non-hydrogen) atoms. The second-order valence-electron chi connectivity index (χ2n) is 4.62. The molecule has 0 saturated heterocycles. The molecule has 2 heterocycles. The highest BCUT2D eigenvalue weighted by Crippen LogP contribution is 2.15. The van der Waals surface area contributed by atoms with Crippen LogP contribution in [0.5, 0.6) is 0 Å². The van der Waals surface area contributed by atoms with Crippen molar-refractivity contribution in [2.75, 3.05) is 6.54 Å². The first-order chi connectivity index (χ1) is 9.78. The lowest BCUT2D eigenvalue weighted by molar-refractivity contribution is 0.0991. The Kier molecular flexibility index (Phi) is 3.62. The van der Waals surface area contributed by atoms with Crippen LogP contribution in [0.3, 0.4) is 0 Å². The Bertz CT molecular complexity index is 716. The number of rotatable bonds is 5. The van der Waals surface area contributed by atoms with Gasteiger partial charge in [-0.2, -0.15) is 0 Å². The molecule has 0 fully saturated rings. The van der Waals surface area contributed by atoms with E-state index in [9.17, 15) is 4.79 Å². The first kappa shape index (κ1) is 13.0. The number of imidazole rings is 1. The highest BCUT2D eigenvalue weighted by Gasteiger charge is 2.13. The normalized spacial score (nSPS) is 11.1. The molecule has 0 radical (unpaired) electrons. The zero-order chi connectivity index (χ0) is 13.9. The van der Waals surface area contributed by atoms with Gasteiger partial charge in [0.2, 0.25) is 0 Å². The van der Waals surface area contributed by atoms with Gasteiger partial charge in [-0.15, -0.1) is 11.3 Å². The SMILES string of the molecule is NCCc1ccccc1C(=O)Cc1cn2ccsc2n1. The molecule has 4 nitrogen and oxygen atoms in total. The van der Waals surface area contributed by atoms with E-state index in [1.165, 1.54) is 0 Å². The lowest BCUT2D eigenvalue weighted by Gasteiger charge is -2.06. The second kappa shape index (κ2) is 5.56. The molecule has 1 aromatic carbocycles. The molecule has 0 amide bonds. The van der Waals surface area contributed by atoms with Crippen molar-refractivity contribution in [2.45, 2.75) is 12.8 Å². The Morgan fingerprint density at radius 2 is 2.20 bits per heavy atom. The summed E-state index contributed by atoms with van der Waals surface area (Å²) in [5.41, 5.74) is 8.18. The van der Waals surface area contributed by atoms with Crippen LogP contribution in [0.15, 0.2) is 42.0 Å². The maximum absolute atomic E-state index is 12.4. The van der Waals surface area contributed by atoms with E-state index in [4.69, 9.17) is 5.73 Å². The molecule has 3 rings (SSSR count). The van der Waals surface area contributed by atoms with Gasteiger partial charge >= 0.3 is 0 Å². The molecule has 102 valence electrons. The number of fused-ring (bicyclic) bond motifs is 1. The molecule has 2 aromatic heterocycles. The van der Waals surface area contributed by atoms with E-state index < -0.39 is 0 Å². The Hall–Kier alpha value is -1.98. The molecular weight excluding hydrogens is 270 g/mol. The van der Waals surface area contributed by atoms with Crippen LogP contribution in [0.4, 0.5) is 0 Å². The van der Waals surface area contributed by atoms with E-state index in [2.05, 4.69) is 4.98 Å². The Balaban J connectivity index is 1.84. The molecule has 0 bridgehead atoms.